The minimum atomic E-state index is 0.595. The zero-order chi connectivity index (χ0) is 9.68. The molecule has 0 saturated heterocycles. The van der Waals surface area contributed by atoms with Gasteiger partial charge in [-0.15, -0.1) is 0 Å². The highest BCUT2D eigenvalue weighted by Crippen LogP contribution is 2.18. The van der Waals surface area contributed by atoms with Crippen molar-refractivity contribution in [3.8, 4) is 0 Å². The van der Waals surface area contributed by atoms with Crippen LogP contribution in [0.3, 0.4) is 0 Å². The van der Waals surface area contributed by atoms with E-state index in [1.165, 1.54) is 11.1 Å². The van der Waals surface area contributed by atoms with Gasteiger partial charge < -0.3 is 0 Å². The molecule has 1 heteroatoms. The third kappa shape index (κ3) is 3.41. The maximum atomic E-state index is 4.01. The fraction of sp³-hybridized carbons (Fsp3) is 0.417. The largest absolute Gasteiger partial charge is 0.265 e. The summed E-state index contributed by atoms with van der Waals surface area (Å²) in [7, 11) is 0. The van der Waals surface area contributed by atoms with Gasteiger partial charge in [0.25, 0.3) is 0 Å². The lowest BCUT2D eigenvalue weighted by atomic mass is 9.98. The van der Waals surface area contributed by atoms with Gasteiger partial charge in [0, 0.05) is 12.4 Å². The average Bonchev–Trinajstić information content (AvgIpc) is 2.15. The average molecular weight is 175 g/mol. The van der Waals surface area contributed by atoms with Crippen molar-refractivity contribution in [2.75, 3.05) is 0 Å². The number of hydrogen-bond donors (Lipinski definition) is 0. The Morgan fingerprint density at radius 1 is 1.38 bits per heavy atom. The topological polar surface area (TPSA) is 12.9 Å². The van der Waals surface area contributed by atoms with Crippen LogP contribution in [0.5, 0.6) is 0 Å². The first-order valence-corrected chi connectivity index (χ1v) is 4.73. The molecule has 0 aliphatic heterocycles. The summed E-state index contributed by atoms with van der Waals surface area (Å²) in [5.74, 6) is 0.595. The Morgan fingerprint density at radius 2 is 2.00 bits per heavy atom. The summed E-state index contributed by atoms with van der Waals surface area (Å²) < 4.78 is 0. The first kappa shape index (κ1) is 9.97. The maximum absolute atomic E-state index is 4.01. The molecule has 70 valence electrons. The van der Waals surface area contributed by atoms with Gasteiger partial charge in [0.2, 0.25) is 0 Å². The van der Waals surface area contributed by atoms with Crippen LogP contribution in [-0.2, 0) is 0 Å². The molecule has 1 nitrogen and oxygen atoms in total. The molecule has 0 spiro atoms. The Labute approximate surface area is 80.5 Å². The van der Waals surface area contributed by atoms with Crippen LogP contribution in [0, 0.1) is 0 Å². The lowest BCUT2D eigenvalue weighted by Gasteiger charge is -2.08. The highest BCUT2D eigenvalue weighted by molar-refractivity contribution is 5.16. The zero-order valence-electron chi connectivity index (χ0n) is 8.62. The number of aromatic nitrogens is 1. The molecule has 0 aliphatic rings. The van der Waals surface area contributed by atoms with Gasteiger partial charge in [-0.25, -0.2) is 0 Å². The fourth-order valence-electron chi connectivity index (χ4n) is 1.24. The summed E-state index contributed by atoms with van der Waals surface area (Å²) >= 11 is 0. The van der Waals surface area contributed by atoms with E-state index in [0.29, 0.717) is 5.92 Å². The zero-order valence-corrected chi connectivity index (χ0v) is 8.62. The Morgan fingerprint density at radius 3 is 2.54 bits per heavy atom. The highest BCUT2D eigenvalue weighted by atomic mass is 14.6. The van der Waals surface area contributed by atoms with E-state index in [-0.39, 0.29) is 0 Å². The smallest absolute Gasteiger partial charge is 0.0270 e. The number of pyridine rings is 1. The Hall–Kier alpha value is -1.11. The molecule has 0 aliphatic carbocycles. The molecule has 0 fully saturated rings. The fourth-order valence-corrected chi connectivity index (χ4v) is 1.24. The van der Waals surface area contributed by atoms with Crippen LogP contribution < -0.4 is 0 Å². The van der Waals surface area contributed by atoms with Gasteiger partial charge in [0.15, 0.2) is 0 Å². The minimum Gasteiger partial charge on any atom is -0.265 e. The summed E-state index contributed by atoms with van der Waals surface area (Å²) in [6, 6.07) is 4.17. The molecule has 13 heavy (non-hydrogen) atoms. The van der Waals surface area contributed by atoms with Gasteiger partial charge in [-0.05, 0) is 43.9 Å². The Kier molecular flexibility index (Phi) is 3.69. The summed E-state index contributed by atoms with van der Waals surface area (Å²) in [5, 5.41) is 0. The second-order valence-corrected chi connectivity index (χ2v) is 3.70. The quantitative estimate of drug-likeness (QED) is 0.640. The molecule has 1 atom stereocenters. The maximum Gasteiger partial charge on any atom is 0.0270 e. The second-order valence-electron chi connectivity index (χ2n) is 3.70. The SMILES string of the molecule is CC(C)=CC[C@@H](C)c1ccncc1. The Balaban J connectivity index is 2.59. The van der Waals surface area contributed by atoms with Crippen LogP contribution in [0.1, 0.15) is 38.7 Å². The number of hydrogen-bond acceptors (Lipinski definition) is 1. The molecule has 0 aromatic carbocycles. The lowest BCUT2D eigenvalue weighted by Crippen LogP contribution is -1.91. The molecule has 1 rings (SSSR count). The molecular weight excluding hydrogens is 158 g/mol. The van der Waals surface area contributed by atoms with E-state index < -0.39 is 0 Å². The van der Waals surface area contributed by atoms with Crippen molar-refractivity contribution in [3.05, 3.63) is 41.7 Å². The molecule has 0 amide bonds. The highest BCUT2D eigenvalue weighted by Gasteiger charge is 2.01. The van der Waals surface area contributed by atoms with Crippen LogP contribution >= 0.6 is 0 Å². The number of allylic oxidation sites excluding steroid dienone is 2. The van der Waals surface area contributed by atoms with Crippen molar-refractivity contribution < 1.29 is 0 Å². The monoisotopic (exact) mass is 175 g/mol. The minimum absolute atomic E-state index is 0.595. The number of rotatable bonds is 3. The van der Waals surface area contributed by atoms with E-state index in [0.717, 1.165) is 6.42 Å². The summed E-state index contributed by atoms with van der Waals surface area (Å²) in [5.41, 5.74) is 2.76. The lowest BCUT2D eigenvalue weighted by molar-refractivity contribution is 0.774. The van der Waals surface area contributed by atoms with E-state index in [1.54, 1.807) is 0 Å². The van der Waals surface area contributed by atoms with Crippen LogP contribution in [-0.4, -0.2) is 4.98 Å². The van der Waals surface area contributed by atoms with Gasteiger partial charge in [-0.3, -0.25) is 4.98 Å². The van der Waals surface area contributed by atoms with E-state index in [1.807, 2.05) is 12.4 Å². The number of nitrogens with zero attached hydrogens (tertiary/aromatic N) is 1. The van der Waals surface area contributed by atoms with Crippen LogP contribution in [0.2, 0.25) is 0 Å². The van der Waals surface area contributed by atoms with Crippen molar-refractivity contribution in [3.63, 3.8) is 0 Å². The molecule has 0 unspecified atom stereocenters. The standard InChI is InChI=1S/C12H17N/c1-10(2)4-5-11(3)12-6-8-13-9-7-12/h4,6-9,11H,5H2,1-3H3/t11-/m1/s1. The summed E-state index contributed by atoms with van der Waals surface area (Å²) in [6.07, 6.45) is 7.11. The summed E-state index contributed by atoms with van der Waals surface area (Å²) in [6.45, 7) is 6.52. The van der Waals surface area contributed by atoms with Gasteiger partial charge in [0.1, 0.15) is 0 Å². The van der Waals surface area contributed by atoms with Gasteiger partial charge in [0.05, 0.1) is 0 Å². The van der Waals surface area contributed by atoms with E-state index in [2.05, 4.69) is 44.0 Å². The third-order valence-corrected chi connectivity index (χ3v) is 2.15. The van der Waals surface area contributed by atoms with Crippen molar-refractivity contribution in [2.45, 2.75) is 33.1 Å². The van der Waals surface area contributed by atoms with Crippen molar-refractivity contribution >= 4 is 0 Å². The third-order valence-electron chi connectivity index (χ3n) is 2.15. The van der Waals surface area contributed by atoms with Crippen molar-refractivity contribution in [1.29, 1.82) is 0 Å². The molecule has 0 N–H and O–H groups in total. The molecular formula is C12H17N. The van der Waals surface area contributed by atoms with Gasteiger partial charge >= 0.3 is 0 Å². The second kappa shape index (κ2) is 4.80. The molecule has 1 heterocycles. The van der Waals surface area contributed by atoms with E-state index >= 15 is 0 Å². The molecule has 1 aromatic heterocycles. The van der Waals surface area contributed by atoms with Gasteiger partial charge in [-0.2, -0.15) is 0 Å². The predicted molar refractivity (Wildman–Crippen MR) is 56.7 cm³/mol. The first-order chi connectivity index (χ1) is 6.20. The normalized spacial score (nSPS) is 12.2. The van der Waals surface area contributed by atoms with E-state index in [9.17, 15) is 0 Å². The predicted octanol–water partition coefficient (Wildman–Crippen LogP) is 3.54. The first-order valence-electron chi connectivity index (χ1n) is 4.73. The van der Waals surface area contributed by atoms with Crippen LogP contribution in [0.25, 0.3) is 0 Å². The van der Waals surface area contributed by atoms with Crippen LogP contribution in [0.4, 0.5) is 0 Å². The Bertz CT molecular complexity index is 270. The van der Waals surface area contributed by atoms with Crippen molar-refractivity contribution in [2.24, 2.45) is 0 Å². The molecule has 1 aromatic rings. The molecule has 0 bridgehead atoms. The molecule has 0 saturated carbocycles. The van der Waals surface area contributed by atoms with Crippen molar-refractivity contribution in [1.82, 2.24) is 4.98 Å². The molecule has 0 radical (unpaired) electrons. The van der Waals surface area contributed by atoms with E-state index in [4.69, 9.17) is 0 Å². The summed E-state index contributed by atoms with van der Waals surface area (Å²) in [4.78, 5) is 4.01. The van der Waals surface area contributed by atoms with Crippen LogP contribution in [0.15, 0.2) is 36.2 Å². The van der Waals surface area contributed by atoms with Gasteiger partial charge in [-0.1, -0.05) is 18.6 Å².